The van der Waals surface area contributed by atoms with Gasteiger partial charge in [-0.15, -0.1) is 0 Å². The van der Waals surface area contributed by atoms with E-state index in [1.54, 1.807) is 0 Å². The number of piperidine rings is 1. The van der Waals surface area contributed by atoms with Gasteiger partial charge in [-0.3, -0.25) is 0 Å². The highest BCUT2D eigenvalue weighted by atomic mass is 15.3. The molecule has 0 aromatic carbocycles. The van der Waals surface area contributed by atoms with Crippen LogP contribution in [0.2, 0.25) is 0 Å². The van der Waals surface area contributed by atoms with Crippen molar-refractivity contribution in [2.75, 3.05) is 23.4 Å². The monoisotopic (exact) mass is 277 g/mol. The first-order valence-corrected chi connectivity index (χ1v) is 7.54. The third-order valence-electron chi connectivity index (χ3n) is 4.42. The fourth-order valence-corrected chi connectivity index (χ4v) is 2.68. The van der Waals surface area contributed by atoms with Crippen LogP contribution in [0.5, 0.6) is 0 Å². The minimum Gasteiger partial charge on any atom is -0.356 e. The number of hydrazine groups is 1. The average Bonchev–Trinajstić information content (AvgIpc) is 2.42. The number of nitrogen functional groups attached to an aromatic ring is 1. The molecule has 0 radical (unpaired) electrons. The van der Waals surface area contributed by atoms with Crippen LogP contribution in [-0.4, -0.2) is 23.1 Å². The van der Waals surface area contributed by atoms with E-state index < -0.39 is 0 Å². The van der Waals surface area contributed by atoms with E-state index in [4.69, 9.17) is 10.8 Å². The van der Waals surface area contributed by atoms with Gasteiger partial charge < -0.3 is 10.3 Å². The van der Waals surface area contributed by atoms with Crippen LogP contribution in [0.4, 0.5) is 11.6 Å². The summed E-state index contributed by atoms with van der Waals surface area (Å²) >= 11 is 0. The molecule has 2 unspecified atom stereocenters. The number of hydrogen-bond donors (Lipinski definition) is 2. The van der Waals surface area contributed by atoms with Gasteiger partial charge >= 0.3 is 0 Å². The molecule has 1 aliphatic rings. The maximum absolute atomic E-state index is 5.61. The van der Waals surface area contributed by atoms with Crippen LogP contribution in [0.25, 0.3) is 0 Å². The van der Waals surface area contributed by atoms with Crippen LogP contribution >= 0.6 is 0 Å². The molecular weight excluding hydrogens is 250 g/mol. The van der Waals surface area contributed by atoms with Crippen molar-refractivity contribution in [3.63, 3.8) is 0 Å². The van der Waals surface area contributed by atoms with E-state index in [0.29, 0.717) is 11.8 Å². The molecule has 1 fully saturated rings. The topological polar surface area (TPSA) is 67.1 Å². The van der Waals surface area contributed by atoms with Crippen LogP contribution in [0, 0.1) is 18.8 Å². The Morgan fingerprint density at radius 1 is 1.25 bits per heavy atom. The quantitative estimate of drug-likeness (QED) is 0.657. The number of anilines is 2. The van der Waals surface area contributed by atoms with Gasteiger partial charge in [0.25, 0.3) is 0 Å². The Bertz CT molecular complexity index is 472. The van der Waals surface area contributed by atoms with Crippen molar-refractivity contribution >= 4 is 11.6 Å². The van der Waals surface area contributed by atoms with Gasteiger partial charge in [0.1, 0.15) is 17.5 Å². The minimum atomic E-state index is 0.294. The number of nitrogens with one attached hydrogen (secondary N) is 1. The smallest absolute Gasteiger partial charge is 0.148 e. The molecule has 112 valence electrons. The number of hydrogen-bond acceptors (Lipinski definition) is 5. The molecule has 0 bridgehead atoms. The molecule has 1 aromatic rings. The summed E-state index contributed by atoms with van der Waals surface area (Å²) in [5, 5.41) is 0. The molecule has 5 heteroatoms. The molecule has 0 amide bonds. The van der Waals surface area contributed by atoms with Crippen molar-refractivity contribution in [1.82, 2.24) is 9.97 Å². The Morgan fingerprint density at radius 2 is 1.95 bits per heavy atom. The normalized spacial score (nSPS) is 23.2. The molecule has 2 rings (SSSR count). The Labute approximate surface area is 121 Å². The summed E-state index contributed by atoms with van der Waals surface area (Å²) in [7, 11) is 0. The Kier molecular flexibility index (Phi) is 4.48. The van der Waals surface area contributed by atoms with Gasteiger partial charge in [0.2, 0.25) is 0 Å². The number of nitrogens with two attached hydrogens (primary N) is 1. The highest BCUT2D eigenvalue weighted by Gasteiger charge is 2.26. The molecule has 2 atom stereocenters. The van der Waals surface area contributed by atoms with Gasteiger partial charge in [-0.25, -0.2) is 15.8 Å². The lowest BCUT2D eigenvalue weighted by Gasteiger charge is -2.37. The fourth-order valence-electron chi connectivity index (χ4n) is 2.68. The van der Waals surface area contributed by atoms with Crippen molar-refractivity contribution in [1.29, 1.82) is 0 Å². The third kappa shape index (κ3) is 2.87. The van der Waals surface area contributed by atoms with Gasteiger partial charge in [0.15, 0.2) is 0 Å². The Hall–Kier alpha value is -1.36. The Balaban J connectivity index is 2.37. The van der Waals surface area contributed by atoms with Gasteiger partial charge in [-0.05, 0) is 25.2 Å². The van der Waals surface area contributed by atoms with Gasteiger partial charge in [-0.2, -0.15) is 0 Å². The summed E-state index contributed by atoms with van der Waals surface area (Å²) in [4.78, 5) is 11.7. The molecule has 1 saturated heterocycles. The molecule has 0 aliphatic carbocycles. The molecule has 5 nitrogen and oxygen atoms in total. The van der Waals surface area contributed by atoms with Crippen molar-refractivity contribution in [3.8, 4) is 0 Å². The van der Waals surface area contributed by atoms with Crippen LogP contribution in [0.15, 0.2) is 0 Å². The molecule has 0 spiro atoms. The predicted octanol–water partition coefficient (Wildman–Crippen LogP) is 2.68. The summed E-state index contributed by atoms with van der Waals surface area (Å²) in [5.74, 6) is 10.0. The van der Waals surface area contributed by atoms with Gasteiger partial charge in [-0.1, -0.05) is 27.7 Å². The number of aromatic nitrogens is 2. The van der Waals surface area contributed by atoms with Crippen LogP contribution in [-0.2, 0) is 0 Å². The van der Waals surface area contributed by atoms with Crippen LogP contribution in [0.3, 0.4) is 0 Å². The standard InChI is InChI=1S/C15H27N5/c1-9(2)13-17-14(19-16)12(5)15(18-13)20-7-6-10(3)11(4)8-20/h9-11H,6-8,16H2,1-5H3,(H,17,18,19). The van der Waals surface area contributed by atoms with Gasteiger partial charge in [0, 0.05) is 24.6 Å². The highest BCUT2D eigenvalue weighted by molar-refractivity contribution is 5.58. The van der Waals surface area contributed by atoms with E-state index in [2.05, 4.69) is 43.0 Å². The fraction of sp³-hybridized carbons (Fsp3) is 0.733. The largest absolute Gasteiger partial charge is 0.356 e. The lowest BCUT2D eigenvalue weighted by Crippen LogP contribution is -2.39. The highest BCUT2D eigenvalue weighted by Crippen LogP contribution is 2.30. The van der Waals surface area contributed by atoms with E-state index in [0.717, 1.165) is 42.0 Å². The second kappa shape index (κ2) is 5.95. The van der Waals surface area contributed by atoms with Crippen molar-refractivity contribution in [3.05, 3.63) is 11.4 Å². The SMILES string of the molecule is Cc1c(NN)nc(C(C)C)nc1N1CCC(C)C(C)C1. The zero-order valence-electron chi connectivity index (χ0n) is 13.3. The lowest BCUT2D eigenvalue weighted by atomic mass is 9.88. The molecule has 1 aromatic heterocycles. The van der Waals surface area contributed by atoms with Gasteiger partial charge in [0.05, 0.1) is 0 Å². The lowest BCUT2D eigenvalue weighted by molar-refractivity contribution is 0.322. The van der Waals surface area contributed by atoms with E-state index in [-0.39, 0.29) is 0 Å². The summed E-state index contributed by atoms with van der Waals surface area (Å²) in [5.41, 5.74) is 3.75. The van der Waals surface area contributed by atoms with E-state index in [1.807, 2.05) is 6.92 Å². The number of nitrogens with zero attached hydrogens (tertiary/aromatic N) is 3. The summed E-state index contributed by atoms with van der Waals surface area (Å²) < 4.78 is 0. The molecule has 2 heterocycles. The Morgan fingerprint density at radius 3 is 2.50 bits per heavy atom. The van der Waals surface area contributed by atoms with Crippen molar-refractivity contribution in [2.45, 2.75) is 47.0 Å². The van der Waals surface area contributed by atoms with Crippen LogP contribution < -0.4 is 16.2 Å². The van der Waals surface area contributed by atoms with Crippen LogP contribution in [0.1, 0.15) is 51.4 Å². The number of rotatable bonds is 3. The third-order valence-corrected chi connectivity index (χ3v) is 4.42. The maximum atomic E-state index is 5.61. The maximum Gasteiger partial charge on any atom is 0.148 e. The molecule has 20 heavy (non-hydrogen) atoms. The van der Waals surface area contributed by atoms with Crippen molar-refractivity contribution in [2.24, 2.45) is 17.7 Å². The molecule has 0 saturated carbocycles. The van der Waals surface area contributed by atoms with E-state index in [1.165, 1.54) is 6.42 Å². The average molecular weight is 277 g/mol. The molecular formula is C15H27N5. The first kappa shape index (κ1) is 15.0. The second-order valence-electron chi connectivity index (χ2n) is 6.37. The first-order valence-electron chi connectivity index (χ1n) is 7.54. The summed E-state index contributed by atoms with van der Waals surface area (Å²) in [6.07, 6.45) is 1.22. The first-order chi connectivity index (χ1) is 9.43. The molecule has 3 N–H and O–H groups in total. The minimum absolute atomic E-state index is 0.294. The summed E-state index contributed by atoms with van der Waals surface area (Å²) in [6.45, 7) is 13.0. The van der Waals surface area contributed by atoms with Crippen molar-refractivity contribution < 1.29 is 0 Å². The second-order valence-corrected chi connectivity index (χ2v) is 6.37. The van der Waals surface area contributed by atoms with E-state index >= 15 is 0 Å². The predicted molar refractivity (Wildman–Crippen MR) is 83.8 cm³/mol. The van der Waals surface area contributed by atoms with E-state index in [9.17, 15) is 0 Å². The zero-order valence-corrected chi connectivity index (χ0v) is 13.3. The summed E-state index contributed by atoms with van der Waals surface area (Å²) in [6, 6.07) is 0. The molecule has 1 aliphatic heterocycles. The zero-order chi connectivity index (χ0) is 14.9.